The maximum absolute atomic E-state index is 5.72. The summed E-state index contributed by atoms with van der Waals surface area (Å²) < 4.78 is 16.8. The van der Waals surface area contributed by atoms with Gasteiger partial charge in [-0.1, -0.05) is 82.1 Å². The van der Waals surface area contributed by atoms with Gasteiger partial charge in [0.05, 0.1) is 19.3 Å². The van der Waals surface area contributed by atoms with E-state index in [2.05, 4.69) is 191 Å². The number of ether oxygens (including phenoxy) is 3. The first-order valence-electron chi connectivity index (χ1n) is 30.5. The molecule has 72 heavy (non-hydrogen) atoms. The molecule has 438 valence electrons. The largest absolute Gasteiger partial charge is 0.380 e. The van der Waals surface area contributed by atoms with Gasteiger partial charge in [-0.2, -0.15) is 0 Å². The molecule has 0 unspecified atom stereocenters. The molecule has 0 N–H and O–H groups in total. The minimum Gasteiger partial charge on any atom is -0.380 e. The first-order valence-corrected chi connectivity index (χ1v) is 30.5. The first-order chi connectivity index (χ1) is 32.8. The van der Waals surface area contributed by atoms with E-state index in [0.717, 1.165) is 37.3 Å². The number of nitrogens with zero attached hydrogens (tertiary/aromatic N) is 5. The van der Waals surface area contributed by atoms with Crippen LogP contribution in [0.25, 0.3) is 0 Å². The summed E-state index contributed by atoms with van der Waals surface area (Å²) in [7, 11) is 1.81. The lowest BCUT2D eigenvalue weighted by Gasteiger charge is -2.42. The van der Waals surface area contributed by atoms with Gasteiger partial charge >= 0.3 is 0 Å². The topological polar surface area (TPSA) is 43.9 Å². The predicted octanol–water partition coefficient (Wildman–Crippen LogP) is 17.6. The third-order valence-electron chi connectivity index (χ3n) is 15.5. The SMILES string of the molecule is CC.CC.CC.CC.CC.CO[C@H]1C[C@H](C)N(C(C)(C)C)C1.C[C@@H]1CC2(CC2)CN1C(C)(C)C.C[C@@H]1CC2(CCCC2)CN1C(C)(C)C.C[C@@H]1COC(C)(C)N1C(C)(C)C.C[C@H]1COC(C)(C)N1C(C)(C)C. The van der Waals surface area contributed by atoms with Crippen LogP contribution in [-0.2, 0) is 14.2 Å². The Morgan fingerprint density at radius 2 is 0.694 bits per heavy atom. The van der Waals surface area contributed by atoms with Gasteiger partial charge < -0.3 is 14.2 Å². The highest BCUT2D eigenvalue weighted by molar-refractivity contribution is 5.06. The Labute approximate surface area is 456 Å². The maximum Gasteiger partial charge on any atom is 0.116 e. The quantitative estimate of drug-likeness (QED) is 0.257. The standard InChI is InChI=1S/C13H25N.C11H21N.3C10H21NO.5C2H6/c1-11-9-13(7-5-6-8-13)10-14(11)12(2,3)4;1-9-7-11(5-6-11)8-12(9)10(2,3)4;2*1-8-7-12-10(5,6)11(8)9(2,3)4;1-8-6-9(12-5)7-11(8)10(2,3)4;5*1-2/h11H,5-10H2,1-4H3;9H,5-8H2,1-4H3;2*8H,7H2,1-6H3;8-9H,6-7H2,1-5H3;5*1-2H3/t11-;9-;2*8-;8-,9-;;;;;/m11100...../s1. The smallest absolute Gasteiger partial charge is 0.116 e. The van der Waals surface area contributed by atoms with Gasteiger partial charge in [0, 0.05) is 84.6 Å². The van der Waals surface area contributed by atoms with Crippen LogP contribution in [0.5, 0.6) is 0 Å². The fourth-order valence-corrected chi connectivity index (χ4v) is 13.5. The third kappa shape index (κ3) is 23.7. The van der Waals surface area contributed by atoms with Crippen molar-refractivity contribution in [3.8, 4) is 0 Å². The van der Waals surface area contributed by atoms with E-state index >= 15 is 0 Å². The van der Waals surface area contributed by atoms with Crippen molar-refractivity contribution in [2.75, 3.05) is 40.0 Å². The minimum atomic E-state index is -0.0995. The second kappa shape index (κ2) is 31.9. The van der Waals surface area contributed by atoms with E-state index in [9.17, 15) is 0 Å². The molecule has 7 fully saturated rings. The van der Waals surface area contributed by atoms with E-state index in [-0.39, 0.29) is 28.1 Å². The third-order valence-corrected chi connectivity index (χ3v) is 15.5. The summed E-state index contributed by atoms with van der Waals surface area (Å²) in [6.07, 6.45) is 13.4. The lowest BCUT2D eigenvalue weighted by atomic mass is 9.84. The average molecular weight is 1030 g/mol. The molecule has 5 heterocycles. The fraction of sp³-hybridized carbons (Fsp3) is 1.00. The Balaban J connectivity index is -0.000000791. The molecule has 5 aliphatic heterocycles. The summed E-state index contributed by atoms with van der Waals surface area (Å²) in [6.45, 7) is 79.9. The summed E-state index contributed by atoms with van der Waals surface area (Å²) in [5.74, 6) is 0. The highest BCUT2D eigenvalue weighted by atomic mass is 16.5. The highest BCUT2D eigenvalue weighted by Gasteiger charge is 2.53. The summed E-state index contributed by atoms with van der Waals surface area (Å²) in [5, 5.41) is 0. The van der Waals surface area contributed by atoms with Gasteiger partial charge in [-0.25, -0.2) is 0 Å². The van der Waals surface area contributed by atoms with Crippen molar-refractivity contribution in [3.63, 3.8) is 0 Å². The normalized spacial score (nSPS) is 28.4. The van der Waals surface area contributed by atoms with Gasteiger partial charge in [0.2, 0.25) is 0 Å². The molecular weight excluding hydrogens is 887 g/mol. The number of likely N-dealkylation sites (tertiary alicyclic amines) is 3. The maximum atomic E-state index is 5.72. The van der Waals surface area contributed by atoms with Crippen LogP contribution in [0.3, 0.4) is 0 Å². The van der Waals surface area contributed by atoms with Crippen molar-refractivity contribution >= 4 is 0 Å². The zero-order valence-electron chi connectivity index (χ0n) is 56.3. The number of rotatable bonds is 1. The summed E-state index contributed by atoms with van der Waals surface area (Å²) in [6, 6.07) is 3.33. The molecule has 0 aromatic rings. The Bertz CT molecular complexity index is 1330. The van der Waals surface area contributed by atoms with Crippen LogP contribution in [0, 0.1) is 10.8 Å². The predicted molar refractivity (Wildman–Crippen MR) is 324 cm³/mol. The van der Waals surface area contributed by atoms with E-state index in [0.29, 0.717) is 40.7 Å². The van der Waals surface area contributed by atoms with E-state index in [1.807, 2.05) is 76.3 Å². The first kappa shape index (κ1) is 75.9. The van der Waals surface area contributed by atoms with Crippen LogP contribution in [0.4, 0.5) is 0 Å². The van der Waals surface area contributed by atoms with Crippen LogP contribution in [-0.4, -0.2) is 140 Å². The summed E-state index contributed by atoms with van der Waals surface area (Å²) in [5.41, 5.74) is 2.71. The van der Waals surface area contributed by atoms with E-state index in [4.69, 9.17) is 14.2 Å². The second-order valence-corrected chi connectivity index (χ2v) is 27.5. The number of hydrogen-bond donors (Lipinski definition) is 0. The van der Waals surface area contributed by atoms with Gasteiger partial charge in [-0.05, 0) is 222 Å². The molecule has 8 heteroatoms. The van der Waals surface area contributed by atoms with Crippen LogP contribution in [0.1, 0.15) is 293 Å². The Morgan fingerprint density at radius 1 is 0.403 bits per heavy atom. The van der Waals surface area contributed by atoms with Crippen LogP contribution in [0.2, 0.25) is 0 Å². The molecule has 2 aliphatic carbocycles. The van der Waals surface area contributed by atoms with Crippen molar-refractivity contribution in [2.45, 2.75) is 369 Å². The molecule has 8 nitrogen and oxygen atoms in total. The van der Waals surface area contributed by atoms with Crippen LogP contribution in [0.15, 0.2) is 0 Å². The van der Waals surface area contributed by atoms with Crippen LogP contribution >= 0.6 is 0 Å². The van der Waals surface area contributed by atoms with Gasteiger partial charge in [0.1, 0.15) is 11.4 Å². The van der Waals surface area contributed by atoms with Gasteiger partial charge in [0.25, 0.3) is 0 Å². The number of methoxy groups -OCH3 is 1. The summed E-state index contributed by atoms with van der Waals surface area (Å²) in [4.78, 5) is 12.8. The Kier molecular flexibility index (Phi) is 33.7. The van der Waals surface area contributed by atoms with Crippen molar-refractivity contribution in [1.29, 1.82) is 0 Å². The molecule has 2 saturated carbocycles. The molecule has 0 radical (unpaired) electrons. The average Bonchev–Trinajstić information content (AvgIpc) is 3.83. The van der Waals surface area contributed by atoms with Crippen molar-refractivity contribution < 1.29 is 14.2 Å². The van der Waals surface area contributed by atoms with E-state index in [1.54, 1.807) is 0 Å². The molecule has 0 bridgehead atoms. The Morgan fingerprint density at radius 3 is 0.861 bits per heavy atom. The molecule has 5 saturated heterocycles. The van der Waals surface area contributed by atoms with Crippen molar-refractivity contribution in [1.82, 2.24) is 24.5 Å². The minimum absolute atomic E-state index is 0.0995. The lowest BCUT2D eigenvalue weighted by Crippen LogP contribution is -2.53. The molecule has 0 amide bonds. The Hall–Kier alpha value is -0.320. The highest BCUT2D eigenvalue weighted by Crippen LogP contribution is 2.56. The van der Waals surface area contributed by atoms with E-state index < -0.39 is 0 Å². The summed E-state index contributed by atoms with van der Waals surface area (Å²) >= 11 is 0. The molecule has 6 atom stereocenters. The number of hydrogen-bond acceptors (Lipinski definition) is 8. The molecular formula is C64H139N5O3. The fourth-order valence-electron chi connectivity index (χ4n) is 13.5. The van der Waals surface area contributed by atoms with Crippen molar-refractivity contribution in [2.24, 2.45) is 10.8 Å². The zero-order chi connectivity index (χ0) is 57.9. The second-order valence-electron chi connectivity index (χ2n) is 27.5. The van der Waals surface area contributed by atoms with Gasteiger partial charge in [-0.3, -0.25) is 24.5 Å². The molecule has 2 spiro atoms. The monoisotopic (exact) mass is 1030 g/mol. The van der Waals surface area contributed by atoms with Gasteiger partial charge in [0.15, 0.2) is 0 Å². The molecule has 0 aromatic carbocycles. The lowest BCUT2D eigenvalue weighted by molar-refractivity contribution is -0.0908. The van der Waals surface area contributed by atoms with Gasteiger partial charge in [-0.15, -0.1) is 0 Å². The molecule has 0 aromatic heterocycles. The van der Waals surface area contributed by atoms with E-state index in [1.165, 1.54) is 70.9 Å². The van der Waals surface area contributed by atoms with Crippen LogP contribution < -0.4 is 0 Å². The van der Waals surface area contributed by atoms with Crippen molar-refractivity contribution in [3.05, 3.63) is 0 Å². The molecule has 7 aliphatic rings. The zero-order valence-corrected chi connectivity index (χ0v) is 56.3. The molecule has 7 rings (SSSR count).